The van der Waals surface area contributed by atoms with Crippen LogP contribution in [0.2, 0.25) is 5.28 Å². The van der Waals surface area contributed by atoms with Gasteiger partial charge < -0.3 is 5.73 Å². The van der Waals surface area contributed by atoms with Crippen molar-refractivity contribution in [3.63, 3.8) is 0 Å². The maximum Gasteiger partial charge on any atom is 0.226 e. The number of fused-ring (bicyclic) bond motifs is 1. The SMILES string of the molecule is CC(C)c1ccc(-n2ncc3c(N)nc(Cl)nc32)cc1. The van der Waals surface area contributed by atoms with E-state index in [2.05, 4.69) is 41.0 Å². The van der Waals surface area contributed by atoms with Crippen molar-refractivity contribution in [2.45, 2.75) is 19.8 Å². The van der Waals surface area contributed by atoms with Crippen LogP contribution in [0, 0.1) is 0 Å². The summed E-state index contributed by atoms with van der Waals surface area (Å²) in [4.78, 5) is 8.13. The summed E-state index contributed by atoms with van der Waals surface area (Å²) in [5.74, 6) is 0.830. The van der Waals surface area contributed by atoms with Crippen molar-refractivity contribution >= 4 is 28.5 Å². The van der Waals surface area contributed by atoms with Crippen LogP contribution in [0.3, 0.4) is 0 Å². The van der Waals surface area contributed by atoms with E-state index in [4.69, 9.17) is 17.3 Å². The van der Waals surface area contributed by atoms with E-state index in [0.717, 1.165) is 5.69 Å². The summed E-state index contributed by atoms with van der Waals surface area (Å²) in [6.45, 7) is 4.32. The minimum Gasteiger partial charge on any atom is -0.383 e. The van der Waals surface area contributed by atoms with Crippen molar-refractivity contribution in [3.8, 4) is 5.69 Å². The fourth-order valence-electron chi connectivity index (χ4n) is 2.09. The van der Waals surface area contributed by atoms with E-state index >= 15 is 0 Å². The second-order valence-electron chi connectivity index (χ2n) is 4.92. The van der Waals surface area contributed by atoms with Gasteiger partial charge in [-0.15, -0.1) is 0 Å². The number of nitrogens with zero attached hydrogens (tertiary/aromatic N) is 4. The topological polar surface area (TPSA) is 69.6 Å². The van der Waals surface area contributed by atoms with E-state index in [1.807, 2.05) is 12.1 Å². The normalized spacial score (nSPS) is 11.4. The molecule has 5 nitrogen and oxygen atoms in total. The molecule has 0 spiro atoms. The van der Waals surface area contributed by atoms with Gasteiger partial charge in [0.2, 0.25) is 5.28 Å². The number of nitrogen functional groups attached to an aromatic ring is 1. The number of rotatable bonds is 2. The Bertz CT molecular complexity index is 761. The Balaban J connectivity index is 2.14. The molecule has 0 atom stereocenters. The zero-order valence-electron chi connectivity index (χ0n) is 11.2. The molecule has 0 bridgehead atoms. The summed E-state index contributed by atoms with van der Waals surface area (Å²) in [7, 11) is 0. The highest BCUT2D eigenvalue weighted by atomic mass is 35.5. The Kier molecular flexibility index (Phi) is 3.06. The molecule has 6 heteroatoms. The van der Waals surface area contributed by atoms with Crippen LogP contribution in [0.5, 0.6) is 0 Å². The fraction of sp³-hybridized carbons (Fsp3) is 0.214. The van der Waals surface area contributed by atoms with Gasteiger partial charge in [0.15, 0.2) is 5.65 Å². The largest absolute Gasteiger partial charge is 0.383 e. The standard InChI is InChI=1S/C14H14ClN5/c1-8(2)9-3-5-10(6-4-9)20-13-11(7-17-20)12(16)18-14(15)19-13/h3-8H,1-2H3,(H2,16,18,19). The third kappa shape index (κ3) is 2.10. The Hall–Kier alpha value is -2.14. The van der Waals surface area contributed by atoms with Gasteiger partial charge in [-0.05, 0) is 35.2 Å². The number of aromatic nitrogens is 4. The molecule has 0 amide bonds. The van der Waals surface area contributed by atoms with Crippen LogP contribution in [0.15, 0.2) is 30.5 Å². The minimum absolute atomic E-state index is 0.121. The average Bonchev–Trinajstić information content (AvgIpc) is 2.82. The molecule has 3 aromatic rings. The molecule has 3 rings (SSSR count). The molecule has 0 unspecified atom stereocenters. The van der Waals surface area contributed by atoms with Crippen LogP contribution in [-0.2, 0) is 0 Å². The monoisotopic (exact) mass is 287 g/mol. The summed E-state index contributed by atoms with van der Waals surface area (Å²) in [6, 6.07) is 8.18. The first kappa shape index (κ1) is 12.9. The smallest absolute Gasteiger partial charge is 0.226 e. The van der Waals surface area contributed by atoms with Gasteiger partial charge in [0.25, 0.3) is 0 Å². The molecule has 0 fully saturated rings. The van der Waals surface area contributed by atoms with Crippen molar-refractivity contribution in [2.75, 3.05) is 5.73 Å². The van der Waals surface area contributed by atoms with Crippen molar-refractivity contribution in [3.05, 3.63) is 41.3 Å². The van der Waals surface area contributed by atoms with Gasteiger partial charge in [-0.2, -0.15) is 10.1 Å². The lowest BCUT2D eigenvalue weighted by atomic mass is 10.0. The van der Waals surface area contributed by atoms with E-state index in [-0.39, 0.29) is 5.28 Å². The van der Waals surface area contributed by atoms with Crippen LogP contribution in [-0.4, -0.2) is 19.7 Å². The zero-order chi connectivity index (χ0) is 14.3. The van der Waals surface area contributed by atoms with Crippen LogP contribution >= 0.6 is 11.6 Å². The second-order valence-corrected chi connectivity index (χ2v) is 5.26. The van der Waals surface area contributed by atoms with Crippen molar-refractivity contribution < 1.29 is 0 Å². The van der Waals surface area contributed by atoms with Gasteiger partial charge in [0.05, 0.1) is 17.3 Å². The lowest BCUT2D eigenvalue weighted by Gasteiger charge is -2.07. The van der Waals surface area contributed by atoms with Gasteiger partial charge in [-0.3, -0.25) is 0 Å². The van der Waals surface area contributed by atoms with Crippen LogP contribution in [0.25, 0.3) is 16.7 Å². The van der Waals surface area contributed by atoms with Crippen molar-refractivity contribution in [1.29, 1.82) is 0 Å². The van der Waals surface area contributed by atoms with Gasteiger partial charge in [0, 0.05) is 0 Å². The van der Waals surface area contributed by atoms with Gasteiger partial charge in [-0.1, -0.05) is 26.0 Å². The molecular weight excluding hydrogens is 274 g/mol. The minimum atomic E-state index is 0.121. The quantitative estimate of drug-likeness (QED) is 0.735. The molecule has 102 valence electrons. The summed E-state index contributed by atoms with van der Waals surface area (Å²) < 4.78 is 1.71. The molecule has 0 aliphatic carbocycles. The van der Waals surface area contributed by atoms with Crippen molar-refractivity contribution in [1.82, 2.24) is 19.7 Å². The molecule has 2 aromatic heterocycles. The number of anilines is 1. The fourth-order valence-corrected chi connectivity index (χ4v) is 2.26. The third-order valence-corrected chi connectivity index (χ3v) is 3.40. The van der Waals surface area contributed by atoms with Gasteiger partial charge in [0.1, 0.15) is 5.82 Å². The first-order valence-corrected chi connectivity index (χ1v) is 6.71. The Morgan fingerprint density at radius 2 is 1.85 bits per heavy atom. The average molecular weight is 288 g/mol. The highest BCUT2D eigenvalue weighted by Gasteiger charge is 2.11. The molecule has 0 aliphatic rings. The molecule has 0 saturated carbocycles. The molecular formula is C14H14ClN5. The maximum absolute atomic E-state index is 5.86. The van der Waals surface area contributed by atoms with Gasteiger partial charge >= 0.3 is 0 Å². The number of hydrogen-bond donors (Lipinski definition) is 1. The lowest BCUT2D eigenvalue weighted by Crippen LogP contribution is -2.00. The summed E-state index contributed by atoms with van der Waals surface area (Å²) >= 11 is 5.86. The first-order valence-electron chi connectivity index (χ1n) is 6.33. The highest BCUT2D eigenvalue weighted by molar-refractivity contribution is 6.28. The van der Waals surface area contributed by atoms with Crippen molar-refractivity contribution in [2.24, 2.45) is 0 Å². The Morgan fingerprint density at radius 1 is 1.15 bits per heavy atom. The Morgan fingerprint density at radius 3 is 2.50 bits per heavy atom. The molecule has 20 heavy (non-hydrogen) atoms. The summed E-state index contributed by atoms with van der Waals surface area (Å²) in [5.41, 5.74) is 8.63. The molecule has 2 N–H and O–H groups in total. The number of halogens is 1. The van der Waals surface area contributed by atoms with Crippen LogP contribution in [0.1, 0.15) is 25.3 Å². The van der Waals surface area contributed by atoms with E-state index in [1.54, 1.807) is 10.9 Å². The number of hydrogen-bond acceptors (Lipinski definition) is 4. The predicted molar refractivity (Wildman–Crippen MR) is 80.2 cm³/mol. The molecule has 0 aliphatic heterocycles. The Labute approximate surface area is 121 Å². The summed E-state index contributed by atoms with van der Waals surface area (Å²) in [5, 5.41) is 5.14. The van der Waals surface area contributed by atoms with Gasteiger partial charge in [-0.25, -0.2) is 9.67 Å². The lowest BCUT2D eigenvalue weighted by molar-refractivity contribution is 0.858. The molecule has 0 radical (unpaired) electrons. The molecule has 1 aromatic carbocycles. The summed E-state index contributed by atoms with van der Waals surface area (Å²) in [6.07, 6.45) is 1.65. The van der Waals surface area contributed by atoms with E-state index in [9.17, 15) is 0 Å². The number of nitrogens with two attached hydrogens (primary N) is 1. The second kappa shape index (κ2) is 4.76. The molecule has 0 saturated heterocycles. The van der Waals surface area contributed by atoms with Crippen LogP contribution < -0.4 is 5.73 Å². The van der Waals surface area contributed by atoms with E-state index < -0.39 is 0 Å². The predicted octanol–water partition coefficient (Wildman–Crippen LogP) is 3.17. The molecule has 2 heterocycles. The highest BCUT2D eigenvalue weighted by Crippen LogP contribution is 2.23. The third-order valence-electron chi connectivity index (χ3n) is 3.23. The van der Waals surface area contributed by atoms with Crippen LogP contribution in [0.4, 0.5) is 5.82 Å². The zero-order valence-corrected chi connectivity index (χ0v) is 12.0. The van der Waals surface area contributed by atoms with E-state index in [1.165, 1.54) is 5.56 Å². The van der Waals surface area contributed by atoms with E-state index in [0.29, 0.717) is 22.8 Å². The number of benzene rings is 1. The first-order chi connectivity index (χ1) is 9.56. The maximum atomic E-state index is 5.86.